The van der Waals surface area contributed by atoms with Crippen molar-refractivity contribution >= 4 is 43.9 Å². The average molecular weight is 1100 g/mol. The van der Waals surface area contributed by atoms with Crippen molar-refractivity contribution < 1.29 is 51.6 Å². The fourth-order valence-electron chi connectivity index (χ4n) is 5.82. The summed E-state index contributed by atoms with van der Waals surface area (Å²) in [6, 6.07) is 45.7. The van der Waals surface area contributed by atoms with Gasteiger partial charge in [0.2, 0.25) is 0 Å². The van der Waals surface area contributed by atoms with Crippen molar-refractivity contribution in [1.29, 1.82) is 0 Å². The first-order chi connectivity index (χ1) is 26.5. The Kier molecular flexibility index (Phi) is 14.5. The van der Waals surface area contributed by atoms with Crippen LogP contribution < -0.4 is 19.4 Å². The van der Waals surface area contributed by atoms with Crippen molar-refractivity contribution in [3.05, 3.63) is 158 Å². The number of hydrogen-bond donors (Lipinski definition) is 0. The Labute approximate surface area is 353 Å². The summed E-state index contributed by atoms with van der Waals surface area (Å²) in [6.45, 7) is 0. The van der Waals surface area contributed by atoms with Crippen LogP contribution in [0.5, 0.6) is 11.8 Å². The third-order valence-electron chi connectivity index (χ3n) is 8.50. The zero-order valence-corrected chi connectivity index (χ0v) is 35.4. The molecule has 10 aromatic rings. The van der Waals surface area contributed by atoms with Crippen LogP contribution in [-0.4, -0.2) is 43.3 Å². The first kappa shape index (κ1) is 41.3. The van der Waals surface area contributed by atoms with E-state index in [0.717, 1.165) is 66.6 Å². The fourth-order valence-corrected chi connectivity index (χ4v) is 5.82. The van der Waals surface area contributed by atoms with Gasteiger partial charge in [-0.15, -0.1) is 71.8 Å². The van der Waals surface area contributed by atoms with Crippen LogP contribution in [0, 0.1) is 12.1 Å². The normalized spacial score (nSPS) is 10.2. The molecule has 0 N–H and O–H groups in total. The van der Waals surface area contributed by atoms with E-state index in [-0.39, 0.29) is 42.1 Å². The Morgan fingerprint density at radius 3 is 1.27 bits per heavy atom. The smallest absolute Gasteiger partial charge is 0.500 e. The molecule has 0 spiro atoms. The van der Waals surface area contributed by atoms with Crippen LogP contribution >= 0.6 is 0 Å². The van der Waals surface area contributed by atoms with Gasteiger partial charge in [-0.2, -0.15) is 0 Å². The van der Waals surface area contributed by atoms with Gasteiger partial charge in [0.1, 0.15) is 11.8 Å². The third kappa shape index (κ3) is 9.51. The van der Waals surface area contributed by atoms with Crippen LogP contribution in [0.25, 0.3) is 66.6 Å². The number of rotatable bonds is 4. The van der Waals surface area contributed by atoms with Gasteiger partial charge < -0.3 is 38.5 Å². The van der Waals surface area contributed by atoms with E-state index >= 15 is 0 Å². The Bertz CT molecular complexity index is 2550. The predicted molar refractivity (Wildman–Crippen MR) is 213 cm³/mol. The first-order valence-corrected chi connectivity index (χ1v) is 17.1. The van der Waals surface area contributed by atoms with Crippen LogP contribution in [-0.2, 0) is 56.2 Å². The molecule has 0 saturated heterocycles. The maximum absolute atomic E-state index is 5.07. The molecule has 10 rings (SSSR count). The van der Waals surface area contributed by atoms with Gasteiger partial charge in [-0.25, -0.2) is 0 Å². The van der Waals surface area contributed by atoms with Gasteiger partial charge in [-0.1, -0.05) is 60.7 Å². The number of para-hydroxylation sites is 2. The van der Waals surface area contributed by atoms with Crippen LogP contribution in [0.1, 0.15) is 0 Å². The maximum Gasteiger partial charge on any atom is 2.00 e. The van der Waals surface area contributed by atoms with Gasteiger partial charge in [-0.05, 0) is 56.0 Å². The number of fused-ring (bicyclic) bond motifs is 6. The Balaban J connectivity index is 0.000000142. The molecule has 0 aliphatic heterocycles. The van der Waals surface area contributed by atoms with E-state index in [1.54, 1.807) is 26.6 Å². The number of nitrogens with zero attached hydrogens (tertiary/aromatic N) is 8. The average Bonchev–Trinajstić information content (AvgIpc) is 4.03. The largest absolute Gasteiger partial charge is 2.00 e. The van der Waals surface area contributed by atoms with Crippen molar-refractivity contribution in [3.8, 4) is 34.5 Å². The summed E-state index contributed by atoms with van der Waals surface area (Å²) >= 11 is 0. The third-order valence-corrected chi connectivity index (χ3v) is 8.50. The maximum atomic E-state index is 5.07. The monoisotopic (exact) mass is 1100 g/mol. The zero-order valence-electron chi connectivity index (χ0n) is 30.9. The van der Waals surface area contributed by atoms with Gasteiger partial charge in [0, 0.05) is 38.9 Å². The van der Waals surface area contributed by atoms with Gasteiger partial charge in [0.25, 0.3) is 0 Å². The molecular formula is C44H36N8O2Pt2. The van der Waals surface area contributed by atoms with Crippen LogP contribution in [0.2, 0.25) is 0 Å². The van der Waals surface area contributed by atoms with E-state index in [9.17, 15) is 0 Å². The molecule has 0 aliphatic rings. The molecule has 0 bridgehead atoms. The number of benzene rings is 4. The quantitative estimate of drug-likeness (QED) is 0.162. The standard InChI is InChI=1S/2C12H9N2O.2C10H9N2.2Pt/c2*1-15-11-7-6-9-8-4-2-3-5-10(8)13-12(9)14-11;2*1-12-8-7-11-10(12)9-5-3-2-4-6-9;;/h2*2-7H,1H3;2*2-5,7-8H,1H3;;/q4*-1;2*+2. The molecule has 0 unspecified atom stereocenters. The summed E-state index contributed by atoms with van der Waals surface area (Å²) in [6.07, 6.45) is 7.43. The van der Waals surface area contributed by atoms with Crippen molar-refractivity contribution in [2.24, 2.45) is 14.1 Å². The number of methoxy groups -OCH3 is 2. The Hall–Kier alpha value is -5.82. The molecule has 0 atom stereocenters. The molecule has 4 aromatic carbocycles. The van der Waals surface area contributed by atoms with Gasteiger partial charge in [0.05, 0.1) is 25.9 Å². The second kappa shape index (κ2) is 19.7. The van der Waals surface area contributed by atoms with Gasteiger partial charge in [-0.3, -0.25) is 9.97 Å². The van der Waals surface area contributed by atoms with E-state index < -0.39 is 0 Å². The van der Waals surface area contributed by atoms with E-state index in [4.69, 9.17) is 9.47 Å². The number of ether oxygens (including phenoxy) is 2. The second-order valence-corrected chi connectivity index (χ2v) is 12.0. The number of pyridine rings is 2. The van der Waals surface area contributed by atoms with E-state index in [1.165, 1.54) is 0 Å². The summed E-state index contributed by atoms with van der Waals surface area (Å²) in [5.74, 6) is 3.11. The fraction of sp³-hybridized carbons (Fsp3) is 0.0909. The second-order valence-electron chi connectivity index (χ2n) is 12.0. The van der Waals surface area contributed by atoms with Crippen LogP contribution in [0.4, 0.5) is 0 Å². The molecule has 56 heavy (non-hydrogen) atoms. The van der Waals surface area contributed by atoms with Gasteiger partial charge in [0.15, 0.2) is 0 Å². The Morgan fingerprint density at radius 2 is 0.911 bits per heavy atom. The number of aryl methyl sites for hydroxylation is 2. The first-order valence-electron chi connectivity index (χ1n) is 17.1. The van der Waals surface area contributed by atoms with Crippen LogP contribution in [0.15, 0.2) is 146 Å². The Morgan fingerprint density at radius 1 is 0.500 bits per heavy atom. The molecule has 0 aliphatic carbocycles. The molecule has 0 fully saturated rings. The molecule has 0 radical (unpaired) electrons. The van der Waals surface area contributed by atoms with E-state index in [2.05, 4.69) is 54.2 Å². The molecular weight excluding hydrogens is 1060 g/mol. The van der Waals surface area contributed by atoms with Crippen molar-refractivity contribution in [3.63, 3.8) is 0 Å². The van der Waals surface area contributed by atoms with Crippen LogP contribution in [0.3, 0.4) is 0 Å². The minimum atomic E-state index is 0. The predicted octanol–water partition coefficient (Wildman–Crippen LogP) is 8.48. The van der Waals surface area contributed by atoms with Crippen molar-refractivity contribution in [1.82, 2.24) is 39.0 Å². The summed E-state index contributed by atoms with van der Waals surface area (Å²) < 4.78 is 14.1. The summed E-state index contributed by atoms with van der Waals surface area (Å²) in [7, 11) is 7.17. The number of aromatic nitrogens is 8. The number of hydrogen-bond acceptors (Lipinski definition) is 6. The van der Waals surface area contributed by atoms with Crippen molar-refractivity contribution in [2.75, 3.05) is 14.2 Å². The molecule has 6 aromatic heterocycles. The minimum absolute atomic E-state index is 0. The molecule has 6 heterocycles. The topological polar surface area (TPSA) is 108 Å². The number of imidazole rings is 2. The molecule has 0 amide bonds. The van der Waals surface area contributed by atoms with Crippen molar-refractivity contribution in [2.45, 2.75) is 0 Å². The zero-order chi connectivity index (χ0) is 37.3. The SMILES string of the molecule is COc1ccc2c(n1)[n-]c1ccccc12.COc1ccc2c(n1)[n-]c1ccccc12.Cn1ccnc1-c1[c-]cccc1.Cn1ccnc1-c1[c-]cccc1.[Pt+2].[Pt+2]. The minimum Gasteiger partial charge on any atom is -0.500 e. The summed E-state index contributed by atoms with van der Waals surface area (Å²) in [5, 5.41) is 4.43. The van der Waals surface area contributed by atoms with E-state index in [0.29, 0.717) is 11.8 Å². The van der Waals surface area contributed by atoms with E-state index in [1.807, 2.05) is 145 Å². The molecule has 12 heteroatoms. The van der Waals surface area contributed by atoms with Gasteiger partial charge >= 0.3 is 42.1 Å². The summed E-state index contributed by atoms with van der Waals surface area (Å²) in [5.41, 5.74) is 5.52. The molecule has 10 nitrogen and oxygen atoms in total. The molecule has 284 valence electrons. The molecule has 0 saturated carbocycles. The summed E-state index contributed by atoms with van der Waals surface area (Å²) in [4.78, 5) is 25.9.